The fourth-order valence-electron chi connectivity index (χ4n) is 2.87. The van der Waals surface area contributed by atoms with Gasteiger partial charge in [0.05, 0.1) is 19.8 Å². The summed E-state index contributed by atoms with van der Waals surface area (Å²) in [4.78, 5) is 0. The molecule has 6 heteroatoms. The monoisotopic (exact) mass is 382 g/mol. The van der Waals surface area contributed by atoms with Crippen LogP contribution in [-0.4, -0.2) is 29.6 Å². The summed E-state index contributed by atoms with van der Waals surface area (Å²) in [6.07, 6.45) is -6.36. The molecule has 27 heavy (non-hydrogen) atoms. The van der Waals surface area contributed by atoms with Gasteiger partial charge in [0, 0.05) is 0 Å². The molecule has 0 aromatic heterocycles. The van der Waals surface area contributed by atoms with E-state index in [1.165, 1.54) is 0 Å². The highest BCUT2D eigenvalue weighted by Gasteiger charge is 2.60. The van der Waals surface area contributed by atoms with Crippen LogP contribution < -0.4 is 0 Å². The van der Waals surface area contributed by atoms with Crippen molar-refractivity contribution in [2.24, 2.45) is 5.92 Å². The highest BCUT2D eigenvalue weighted by Crippen LogP contribution is 2.38. The van der Waals surface area contributed by atoms with Gasteiger partial charge in [-0.3, -0.25) is 0 Å². The average Bonchev–Trinajstić information content (AvgIpc) is 2.62. The fourth-order valence-corrected chi connectivity index (χ4v) is 2.87. The van der Waals surface area contributed by atoms with Gasteiger partial charge in [0.2, 0.25) is 5.60 Å². The van der Waals surface area contributed by atoms with E-state index in [9.17, 15) is 18.3 Å². The van der Waals surface area contributed by atoms with E-state index in [1.807, 2.05) is 12.1 Å². The van der Waals surface area contributed by atoms with Crippen molar-refractivity contribution in [3.05, 3.63) is 71.8 Å². The third-order valence-electron chi connectivity index (χ3n) is 4.27. The van der Waals surface area contributed by atoms with E-state index in [2.05, 4.69) is 0 Å². The predicted octanol–water partition coefficient (Wildman–Crippen LogP) is 4.74. The Morgan fingerprint density at radius 1 is 0.852 bits per heavy atom. The molecule has 1 N–H and O–H groups in total. The van der Waals surface area contributed by atoms with Gasteiger partial charge in [0.1, 0.15) is 6.10 Å². The van der Waals surface area contributed by atoms with E-state index in [-0.39, 0.29) is 13.2 Å². The van der Waals surface area contributed by atoms with Crippen LogP contribution in [-0.2, 0) is 22.7 Å². The molecule has 0 aliphatic carbocycles. The maximum absolute atomic E-state index is 13.8. The van der Waals surface area contributed by atoms with Crippen molar-refractivity contribution in [2.75, 3.05) is 6.61 Å². The molecule has 0 spiro atoms. The van der Waals surface area contributed by atoms with Crippen LogP contribution in [0.2, 0.25) is 0 Å². The van der Waals surface area contributed by atoms with E-state index in [0.29, 0.717) is 0 Å². The molecule has 0 bridgehead atoms. The van der Waals surface area contributed by atoms with Crippen LogP contribution in [0.4, 0.5) is 13.2 Å². The first kappa shape index (κ1) is 21.4. The lowest BCUT2D eigenvalue weighted by Gasteiger charge is -2.39. The molecular formula is C21H25F3O3. The van der Waals surface area contributed by atoms with Gasteiger partial charge in [-0.15, -0.1) is 0 Å². The third-order valence-corrected chi connectivity index (χ3v) is 4.27. The summed E-state index contributed by atoms with van der Waals surface area (Å²) in [6, 6.07) is 17.7. The van der Waals surface area contributed by atoms with E-state index in [1.54, 1.807) is 62.4 Å². The summed E-state index contributed by atoms with van der Waals surface area (Å²) >= 11 is 0. The Morgan fingerprint density at radius 2 is 1.33 bits per heavy atom. The molecule has 0 radical (unpaired) electrons. The zero-order valence-electron chi connectivity index (χ0n) is 15.4. The molecule has 0 saturated heterocycles. The third kappa shape index (κ3) is 5.79. The summed E-state index contributed by atoms with van der Waals surface area (Å²) in [5.41, 5.74) is -1.64. The van der Waals surface area contributed by atoms with Crippen LogP contribution >= 0.6 is 0 Å². The van der Waals surface area contributed by atoms with Gasteiger partial charge in [0.25, 0.3) is 0 Å². The summed E-state index contributed by atoms with van der Waals surface area (Å²) in [5.74, 6) is -0.569. The predicted molar refractivity (Wildman–Crippen MR) is 97.0 cm³/mol. The first-order valence-electron chi connectivity index (χ1n) is 8.80. The largest absolute Gasteiger partial charge is 0.422 e. The minimum Gasteiger partial charge on any atom is -0.377 e. The lowest BCUT2D eigenvalue weighted by molar-refractivity contribution is -0.318. The summed E-state index contributed by atoms with van der Waals surface area (Å²) in [7, 11) is 0. The number of ether oxygens (including phenoxy) is 2. The standard InChI is InChI=1S/C21H25F3O3/c1-16(2)19(27-14-18-11-7-4-8-12-18)20(25,21(22,23)24)15-26-13-17-9-5-3-6-10-17/h3-12,16,19,25H,13-15H2,1-2H3/t19?,20-/m1/s1. The quantitative estimate of drug-likeness (QED) is 0.681. The van der Waals surface area contributed by atoms with Gasteiger partial charge in [0.15, 0.2) is 0 Å². The van der Waals surface area contributed by atoms with E-state index >= 15 is 0 Å². The first-order valence-corrected chi connectivity index (χ1v) is 8.80. The molecular weight excluding hydrogens is 357 g/mol. The maximum Gasteiger partial charge on any atom is 0.422 e. The molecule has 2 rings (SSSR count). The molecule has 0 amide bonds. The second kappa shape index (κ2) is 9.35. The zero-order valence-corrected chi connectivity index (χ0v) is 15.4. The Kier molecular flexibility index (Phi) is 7.41. The Bertz CT molecular complexity index is 674. The Labute approximate surface area is 157 Å². The van der Waals surface area contributed by atoms with Gasteiger partial charge in [-0.05, 0) is 17.0 Å². The van der Waals surface area contributed by atoms with Gasteiger partial charge in [-0.25, -0.2) is 0 Å². The highest BCUT2D eigenvalue weighted by atomic mass is 19.4. The van der Waals surface area contributed by atoms with Gasteiger partial charge < -0.3 is 14.6 Å². The topological polar surface area (TPSA) is 38.7 Å². The van der Waals surface area contributed by atoms with Crippen molar-refractivity contribution in [2.45, 2.75) is 44.9 Å². The Morgan fingerprint density at radius 3 is 1.78 bits per heavy atom. The SMILES string of the molecule is CC(C)C(OCc1ccccc1)[C@](O)(COCc1ccccc1)C(F)(F)F. The van der Waals surface area contributed by atoms with Crippen LogP contribution in [0.25, 0.3) is 0 Å². The summed E-state index contributed by atoms with van der Waals surface area (Å²) in [6.45, 7) is 2.22. The normalized spacial score (nSPS) is 15.5. The van der Waals surface area contributed by atoms with Gasteiger partial charge in [-0.1, -0.05) is 74.5 Å². The van der Waals surface area contributed by atoms with Crippen molar-refractivity contribution in [1.82, 2.24) is 0 Å². The van der Waals surface area contributed by atoms with Crippen molar-refractivity contribution in [1.29, 1.82) is 0 Å². The number of benzene rings is 2. The number of halogens is 3. The lowest BCUT2D eigenvalue weighted by atomic mass is 9.88. The number of rotatable bonds is 9. The zero-order chi connectivity index (χ0) is 19.9. The molecule has 0 fully saturated rings. The molecule has 0 heterocycles. The molecule has 0 aliphatic heterocycles. The van der Waals surface area contributed by atoms with Crippen LogP contribution in [0.15, 0.2) is 60.7 Å². The van der Waals surface area contributed by atoms with Crippen molar-refractivity contribution < 1.29 is 27.8 Å². The molecule has 1 unspecified atom stereocenters. The van der Waals surface area contributed by atoms with Crippen molar-refractivity contribution >= 4 is 0 Å². The van der Waals surface area contributed by atoms with Crippen LogP contribution in [0.5, 0.6) is 0 Å². The smallest absolute Gasteiger partial charge is 0.377 e. The molecule has 2 atom stereocenters. The van der Waals surface area contributed by atoms with Gasteiger partial charge in [-0.2, -0.15) is 13.2 Å². The first-order chi connectivity index (χ1) is 12.7. The fraction of sp³-hybridized carbons (Fsp3) is 0.429. The molecule has 0 aliphatic rings. The molecule has 2 aromatic rings. The van der Waals surface area contributed by atoms with Crippen LogP contribution in [0, 0.1) is 5.92 Å². The maximum atomic E-state index is 13.8. The molecule has 3 nitrogen and oxygen atoms in total. The van der Waals surface area contributed by atoms with Crippen molar-refractivity contribution in [3.63, 3.8) is 0 Å². The second-order valence-corrected chi connectivity index (χ2v) is 6.86. The van der Waals surface area contributed by atoms with E-state index in [0.717, 1.165) is 11.1 Å². The van der Waals surface area contributed by atoms with E-state index in [4.69, 9.17) is 9.47 Å². The van der Waals surface area contributed by atoms with Gasteiger partial charge >= 0.3 is 6.18 Å². The highest BCUT2D eigenvalue weighted by molar-refractivity contribution is 5.14. The lowest BCUT2D eigenvalue weighted by Crippen LogP contribution is -2.60. The number of alkyl halides is 3. The minimum absolute atomic E-state index is 0.0251. The number of hydrogen-bond donors (Lipinski definition) is 1. The Balaban J connectivity index is 2.11. The minimum atomic E-state index is -4.89. The van der Waals surface area contributed by atoms with E-state index < -0.39 is 30.4 Å². The summed E-state index contributed by atoms with van der Waals surface area (Å²) in [5, 5.41) is 10.6. The summed E-state index contributed by atoms with van der Waals surface area (Å²) < 4.78 is 52.0. The van der Waals surface area contributed by atoms with Crippen molar-refractivity contribution in [3.8, 4) is 0 Å². The number of hydrogen-bond acceptors (Lipinski definition) is 3. The van der Waals surface area contributed by atoms with Crippen LogP contribution in [0.3, 0.4) is 0 Å². The average molecular weight is 382 g/mol. The molecule has 2 aromatic carbocycles. The Hall–Kier alpha value is -1.89. The second-order valence-electron chi connectivity index (χ2n) is 6.86. The number of aliphatic hydroxyl groups is 1. The molecule has 148 valence electrons. The van der Waals surface area contributed by atoms with Crippen LogP contribution in [0.1, 0.15) is 25.0 Å². The molecule has 0 saturated carbocycles.